The molecule has 1 saturated heterocycles. The van der Waals surface area contributed by atoms with Gasteiger partial charge in [0.1, 0.15) is 5.69 Å². The third-order valence-corrected chi connectivity index (χ3v) is 5.62. The second-order valence-corrected chi connectivity index (χ2v) is 8.62. The highest BCUT2D eigenvalue weighted by Crippen LogP contribution is 2.30. The highest BCUT2D eigenvalue weighted by molar-refractivity contribution is 5.85. The number of aromatic nitrogens is 2. The number of nitrogens with zero attached hydrogens (tertiary/aromatic N) is 4. The number of rotatable bonds is 13. The van der Waals surface area contributed by atoms with E-state index in [4.69, 9.17) is 10.5 Å². The monoisotopic (exact) mass is 420 g/mol. The van der Waals surface area contributed by atoms with Gasteiger partial charge in [-0.3, -0.25) is 9.69 Å². The molecule has 1 aliphatic heterocycles. The molecule has 0 saturated carbocycles. The molecule has 0 aliphatic carbocycles. The number of carbonyl (C=O) groups is 1. The molecule has 8 nitrogen and oxygen atoms in total. The Morgan fingerprint density at radius 1 is 1.30 bits per heavy atom. The molecule has 0 aromatic carbocycles. The van der Waals surface area contributed by atoms with Crippen LogP contribution in [0.25, 0.3) is 0 Å². The van der Waals surface area contributed by atoms with Crippen molar-refractivity contribution in [3.8, 4) is 6.01 Å². The van der Waals surface area contributed by atoms with Crippen molar-refractivity contribution in [3.05, 3.63) is 0 Å². The van der Waals surface area contributed by atoms with Crippen LogP contribution in [-0.2, 0) is 4.79 Å². The molecular formula is C22H40N6O2. The Morgan fingerprint density at radius 3 is 2.63 bits per heavy atom. The van der Waals surface area contributed by atoms with Gasteiger partial charge in [-0.2, -0.15) is 9.97 Å². The molecule has 8 heteroatoms. The van der Waals surface area contributed by atoms with Gasteiger partial charge in [0.25, 0.3) is 0 Å². The minimum absolute atomic E-state index is 0.222. The molecule has 3 N–H and O–H groups in total. The summed E-state index contributed by atoms with van der Waals surface area (Å²) >= 11 is 0. The molecule has 2 heterocycles. The van der Waals surface area contributed by atoms with Crippen LogP contribution >= 0.6 is 0 Å². The molecule has 30 heavy (non-hydrogen) atoms. The van der Waals surface area contributed by atoms with E-state index in [1.165, 1.54) is 32.5 Å². The number of anilines is 3. The highest BCUT2D eigenvalue weighted by Gasteiger charge is 2.21. The zero-order valence-electron chi connectivity index (χ0n) is 19.2. The van der Waals surface area contributed by atoms with Gasteiger partial charge >= 0.3 is 6.01 Å². The van der Waals surface area contributed by atoms with Crippen LogP contribution in [0.3, 0.4) is 0 Å². The minimum atomic E-state index is 0.222. The van der Waals surface area contributed by atoms with Crippen molar-refractivity contribution >= 4 is 23.7 Å². The summed E-state index contributed by atoms with van der Waals surface area (Å²) in [6.07, 6.45) is 7.30. The number of amides is 1. The molecule has 0 unspecified atom stereocenters. The van der Waals surface area contributed by atoms with Crippen LogP contribution in [-0.4, -0.2) is 61.1 Å². The molecule has 1 amide bonds. The van der Waals surface area contributed by atoms with E-state index in [0.717, 1.165) is 43.9 Å². The molecule has 0 radical (unpaired) electrons. The van der Waals surface area contributed by atoms with Gasteiger partial charge in [-0.25, -0.2) is 0 Å². The predicted octanol–water partition coefficient (Wildman–Crippen LogP) is 3.39. The Kier molecular flexibility index (Phi) is 10.1. The first kappa shape index (κ1) is 24.2. The Morgan fingerprint density at radius 2 is 2.03 bits per heavy atom. The van der Waals surface area contributed by atoms with E-state index < -0.39 is 0 Å². The van der Waals surface area contributed by atoms with Crippen LogP contribution in [0.1, 0.15) is 59.3 Å². The van der Waals surface area contributed by atoms with E-state index in [0.29, 0.717) is 30.5 Å². The number of hydrogen-bond donors (Lipinski definition) is 2. The van der Waals surface area contributed by atoms with Crippen molar-refractivity contribution < 1.29 is 9.53 Å². The summed E-state index contributed by atoms with van der Waals surface area (Å²) < 4.78 is 5.62. The number of nitrogen functional groups attached to an aromatic ring is 1. The fourth-order valence-electron chi connectivity index (χ4n) is 4.00. The molecule has 2 rings (SSSR count). The second-order valence-electron chi connectivity index (χ2n) is 8.62. The quantitative estimate of drug-likeness (QED) is 0.373. The lowest BCUT2D eigenvalue weighted by molar-refractivity contribution is -0.107. The van der Waals surface area contributed by atoms with Gasteiger partial charge in [-0.05, 0) is 57.0 Å². The molecule has 1 aliphatic rings. The summed E-state index contributed by atoms with van der Waals surface area (Å²) in [5.41, 5.74) is 6.64. The summed E-state index contributed by atoms with van der Waals surface area (Å²) in [4.78, 5) is 24.7. The third kappa shape index (κ3) is 7.31. The minimum Gasteiger partial charge on any atom is -0.463 e. The standard InChI is InChI=1S/C22H40N6O2/c1-5-6-14-30-22-25-20(23)19(24-4)21(26-22)28(16-29)11-7-8-18-9-12-27(13-10-18)15-17(2)3/h16-18,24H,5-15H2,1-4H3,(H2,23,25,26). The maximum absolute atomic E-state index is 11.8. The Balaban J connectivity index is 1.92. The first-order valence-corrected chi connectivity index (χ1v) is 11.4. The number of carbonyl (C=O) groups excluding carboxylic acids is 1. The number of ether oxygens (including phenoxy) is 1. The fourth-order valence-corrected chi connectivity index (χ4v) is 4.00. The SMILES string of the molecule is CCCCOc1nc(N)c(NC)c(N(C=O)CCCC2CCN(CC(C)C)CC2)n1. The highest BCUT2D eigenvalue weighted by atomic mass is 16.5. The van der Waals surface area contributed by atoms with E-state index in [1.807, 2.05) is 0 Å². The van der Waals surface area contributed by atoms with Crippen molar-refractivity contribution in [2.45, 2.75) is 59.3 Å². The summed E-state index contributed by atoms with van der Waals surface area (Å²) in [6.45, 7) is 11.3. The lowest BCUT2D eigenvalue weighted by Crippen LogP contribution is -2.36. The average Bonchev–Trinajstić information content (AvgIpc) is 2.72. The van der Waals surface area contributed by atoms with Crippen molar-refractivity contribution in [2.24, 2.45) is 11.8 Å². The van der Waals surface area contributed by atoms with Crippen LogP contribution in [0.4, 0.5) is 17.3 Å². The molecule has 1 aromatic rings. The lowest BCUT2D eigenvalue weighted by atomic mass is 9.91. The maximum atomic E-state index is 11.8. The lowest BCUT2D eigenvalue weighted by Gasteiger charge is -2.33. The van der Waals surface area contributed by atoms with Gasteiger partial charge in [0.15, 0.2) is 11.6 Å². The largest absolute Gasteiger partial charge is 0.463 e. The number of nitrogens with two attached hydrogens (primary N) is 1. The number of unbranched alkanes of at least 4 members (excludes halogenated alkanes) is 1. The van der Waals surface area contributed by atoms with Gasteiger partial charge in [0.2, 0.25) is 6.41 Å². The third-order valence-electron chi connectivity index (χ3n) is 5.62. The van der Waals surface area contributed by atoms with Crippen molar-refractivity contribution in [1.82, 2.24) is 14.9 Å². The summed E-state index contributed by atoms with van der Waals surface area (Å²) in [5.74, 6) is 2.23. The van der Waals surface area contributed by atoms with Crippen LogP contribution in [0.2, 0.25) is 0 Å². The van der Waals surface area contributed by atoms with Crippen LogP contribution in [0.15, 0.2) is 0 Å². The Bertz CT molecular complexity index is 647. The normalized spacial score (nSPS) is 15.4. The summed E-state index contributed by atoms with van der Waals surface area (Å²) in [6, 6.07) is 0.222. The molecule has 0 bridgehead atoms. The zero-order valence-corrected chi connectivity index (χ0v) is 19.2. The van der Waals surface area contributed by atoms with Crippen LogP contribution < -0.4 is 20.7 Å². The van der Waals surface area contributed by atoms with Gasteiger partial charge in [-0.1, -0.05) is 27.2 Å². The first-order valence-electron chi connectivity index (χ1n) is 11.4. The van der Waals surface area contributed by atoms with Crippen LogP contribution in [0.5, 0.6) is 6.01 Å². The van der Waals surface area contributed by atoms with E-state index in [1.54, 1.807) is 11.9 Å². The van der Waals surface area contributed by atoms with Gasteiger partial charge in [0, 0.05) is 20.1 Å². The number of nitrogens with one attached hydrogen (secondary N) is 1. The molecule has 0 spiro atoms. The van der Waals surface area contributed by atoms with E-state index >= 15 is 0 Å². The molecule has 1 aromatic heterocycles. The van der Waals surface area contributed by atoms with Crippen molar-refractivity contribution in [1.29, 1.82) is 0 Å². The molecule has 1 fully saturated rings. The van der Waals surface area contributed by atoms with Crippen molar-refractivity contribution in [3.63, 3.8) is 0 Å². The second kappa shape index (κ2) is 12.6. The zero-order chi connectivity index (χ0) is 21.9. The van der Waals surface area contributed by atoms with E-state index in [9.17, 15) is 4.79 Å². The Labute approximate surface area is 181 Å². The summed E-state index contributed by atoms with van der Waals surface area (Å²) in [7, 11) is 1.75. The smallest absolute Gasteiger partial charge is 0.320 e. The first-order chi connectivity index (χ1) is 14.5. The maximum Gasteiger partial charge on any atom is 0.320 e. The van der Waals surface area contributed by atoms with Gasteiger partial charge in [-0.15, -0.1) is 0 Å². The molecular weight excluding hydrogens is 380 g/mol. The van der Waals surface area contributed by atoms with E-state index in [2.05, 4.69) is 41.0 Å². The topological polar surface area (TPSA) is 96.6 Å². The fraction of sp³-hybridized carbons (Fsp3) is 0.773. The molecule has 170 valence electrons. The predicted molar refractivity (Wildman–Crippen MR) is 123 cm³/mol. The number of hydrogen-bond acceptors (Lipinski definition) is 7. The van der Waals surface area contributed by atoms with Crippen LogP contribution in [0, 0.1) is 11.8 Å². The number of piperidine rings is 1. The van der Waals surface area contributed by atoms with Gasteiger partial charge in [0.05, 0.1) is 6.61 Å². The van der Waals surface area contributed by atoms with E-state index in [-0.39, 0.29) is 6.01 Å². The Hall–Kier alpha value is -2.09. The van der Waals surface area contributed by atoms with Crippen molar-refractivity contribution in [2.75, 3.05) is 55.8 Å². The van der Waals surface area contributed by atoms with Gasteiger partial charge < -0.3 is 20.7 Å². The average molecular weight is 421 g/mol. The summed E-state index contributed by atoms with van der Waals surface area (Å²) in [5, 5.41) is 3.02. The molecule has 0 atom stereocenters. The number of likely N-dealkylation sites (tertiary alicyclic amines) is 1.